The number of aromatic hydroxyl groups is 1. The molecule has 17 rings (SSSR count). The summed E-state index contributed by atoms with van der Waals surface area (Å²) in [7, 11) is 0. The second kappa shape index (κ2) is 29.9. The van der Waals surface area contributed by atoms with Crippen molar-refractivity contribution in [3.63, 3.8) is 0 Å². The van der Waals surface area contributed by atoms with E-state index in [1.54, 1.807) is 45.5 Å². The van der Waals surface area contributed by atoms with Crippen molar-refractivity contribution in [3.8, 4) is 23.0 Å². The number of phenolic OH excluding ortho intramolecular Hbond substituents is 1. The van der Waals surface area contributed by atoms with Crippen LogP contribution in [0.2, 0.25) is 0 Å². The summed E-state index contributed by atoms with van der Waals surface area (Å²) in [5.41, 5.74) is 12.7. The number of oxazole rings is 1. The molecule has 6 aliphatic heterocycles. The van der Waals surface area contributed by atoms with Crippen LogP contribution in [0.4, 0.5) is 56.6 Å². The van der Waals surface area contributed by atoms with Crippen molar-refractivity contribution in [1.29, 1.82) is 0 Å². The Balaban J connectivity index is 0.000000133. The molecule has 0 spiro atoms. The average Bonchev–Trinajstić information content (AvgIpc) is 1.01. The summed E-state index contributed by atoms with van der Waals surface area (Å²) in [4.78, 5) is 81.6. The van der Waals surface area contributed by atoms with Crippen LogP contribution in [0.3, 0.4) is 0 Å². The van der Waals surface area contributed by atoms with E-state index < -0.39 is 41.9 Å². The van der Waals surface area contributed by atoms with Crippen LogP contribution < -0.4 is 25.2 Å². The zero-order valence-electron chi connectivity index (χ0n) is 60.9. The highest BCUT2D eigenvalue weighted by atomic mass is 19.4. The van der Waals surface area contributed by atoms with E-state index in [9.17, 15) is 63.8 Å². The fourth-order valence-corrected chi connectivity index (χ4v) is 16.2. The van der Waals surface area contributed by atoms with E-state index in [0.717, 1.165) is 63.8 Å². The van der Waals surface area contributed by atoms with Gasteiger partial charge in [-0.05, 0) is 117 Å². The van der Waals surface area contributed by atoms with E-state index in [-0.39, 0.29) is 135 Å². The van der Waals surface area contributed by atoms with Gasteiger partial charge in [-0.25, -0.2) is 4.98 Å². The molecule has 3 aromatic carbocycles. The van der Waals surface area contributed by atoms with E-state index in [0.29, 0.717) is 99.2 Å². The number of ether oxygens (including phenoxy) is 1. The molecule has 1 aliphatic carbocycles. The minimum atomic E-state index is -4.59. The van der Waals surface area contributed by atoms with Gasteiger partial charge in [0.1, 0.15) is 17.8 Å². The van der Waals surface area contributed by atoms with E-state index >= 15 is 0 Å². The van der Waals surface area contributed by atoms with Gasteiger partial charge in [0.15, 0.2) is 17.5 Å². The number of nitrogens with zero attached hydrogens (tertiary/aromatic N) is 19. The lowest BCUT2D eigenvalue weighted by Gasteiger charge is -2.41. The first kappa shape index (κ1) is 75.2. The van der Waals surface area contributed by atoms with Gasteiger partial charge in [-0.3, -0.25) is 34.1 Å². The molecular weight excluding hydrogens is 1460 g/mol. The number of phenols is 1. The van der Waals surface area contributed by atoms with Gasteiger partial charge in [0, 0.05) is 160 Å². The Morgan fingerprint density at radius 1 is 0.523 bits per heavy atom. The number of anilines is 3. The fraction of sp³-hybridized carbons (Fsp3) is 0.467. The molecule has 36 heteroatoms. The van der Waals surface area contributed by atoms with Crippen LogP contribution >= 0.6 is 0 Å². The van der Waals surface area contributed by atoms with Crippen LogP contribution in [0.25, 0.3) is 44.2 Å². The lowest BCUT2D eigenvalue weighted by molar-refractivity contribution is -0.149. The molecule has 7 aliphatic rings. The Hall–Kier alpha value is -11.2. The van der Waals surface area contributed by atoms with Crippen LogP contribution in [0.1, 0.15) is 104 Å². The van der Waals surface area contributed by atoms with Gasteiger partial charge in [0.05, 0.1) is 59.7 Å². The maximum absolute atomic E-state index is 13.5. The number of primary amides is 1. The number of hydrogen-bond donors (Lipinski definition) is 2. The zero-order valence-corrected chi connectivity index (χ0v) is 60.9. The highest BCUT2D eigenvalue weighted by Crippen LogP contribution is 2.42. The van der Waals surface area contributed by atoms with Gasteiger partial charge in [0.2, 0.25) is 41.1 Å². The lowest BCUT2D eigenvalue weighted by atomic mass is 9.85. The molecule has 1 saturated carbocycles. The first-order valence-corrected chi connectivity index (χ1v) is 36.8. The monoisotopic (exact) mass is 1540 g/mol. The van der Waals surface area contributed by atoms with Crippen LogP contribution in [-0.2, 0) is 72.2 Å². The van der Waals surface area contributed by atoms with Gasteiger partial charge < -0.3 is 63.1 Å². The predicted molar refractivity (Wildman–Crippen MR) is 384 cm³/mol. The van der Waals surface area contributed by atoms with Gasteiger partial charge in [-0.15, -0.1) is 30.6 Å². The summed E-state index contributed by atoms with van der Waals surface area (Å²) >= 11 is 0. The fourth-order valence-electron chi connectivity index (χ4n) is 16.2. The molecule has 0 unspecified atom stereocenters. The van der Waals surface area contributed by atoms with Gasteiger partial charge in [-0.1, -0.05) is 20.8 Å². The Morgan fingerprint density at radius 2 is 0.964 bits per heavy atom. The predicted octanol–water partition coefficient (Wildman–Crippen LogP) is 10.6. The number of nitrogens with two attached hydrogens (primary N) is 1. The minimum absolute atomic E-state index is 0.00647. The van der Waals surface area contributed by atoms with Crippen LogP contribution in [0.5, 0.6) is 11.5 Å². The number of fused-ring (bicyclic) bond motifs is 6. The number of aromatic nitrogens is 13. The molecule has 6 atom stereocenters. The normalized spacial score (nSPS) is 20.9. The van der Waals surface area contributed by atoms with E-state index in [1.807, 2.05) is 75.4 Å². The number of benzene rings is 3. The number of alkyl halides is 9. The van der Waals surface area contributed by atoms with Crippen LogP contribution in [0.15, 0.2) is 96.0 Å². The number of halogens is 9. The molecule has 4 fully saturated rings. The average molecular weight is 1540 g/mol. The standard InChI is InChI=1S/C27H30F3N7O3.C26H26F3N7O2.C22H23F3N6O2/c1-15-12-35(7-6-18(15)25(39)36-8-9-37-22(13-36)33-34-26(37)27(28,29)30)23-19-5-4-17(40-14-16-2-3-16)10-21(19)32-11-20(23)24(31)38;1-15-12-34(21-5-7-30-20-11-17(3-4-19(20)21)23-31-16(2)14-38-23)8-6-18(15)24(37)35-9-10-36-22(13-35)32-33-25(36)26(27,28)29;1-13-11-29(18-4-6-26-17-10-14(32)2-3-16(17)18)7-5-15(13)20(33)30-8-9-31-19(12-30)27-28-21(31)22(23,24)25/h4-5,10-11,15-16,18H,2-3,6-9,12-14H2,1H3,(H2,31,38);3-5,7,11,14-15,18H,6,8-10,12-13H2,1-2H3;2-4,6,10,13,15,32H,5,7-9,11-12H2,1H3/t2*15-,18+;13-,15+/m111/s1. The molecule has 13 heterocycles. The topological polar surface area (TPSA) is 300 Å². The number of aryl methyl sites for hydroxylation is 1. The Labute approximate surface area is 628 Å². The zero-order chi connectivity index (χ0) is 78.1. The third-order valence-corrected chi connectivity index (χ3v) is 22.2. The molecule has 27 nitrogen and oxygen atoms in total. The highest BCUT2D eigenvalue weighted by Gasteiger charge is 2.46. The van der Waals surface area contributed by atoms with Crippen molar-refractivity contribution in [1.82, 2.24) is 78.9 Å². The van der Waals surface area contributed by atoms with Crippen molar-refractivity contribution in [2.24, 2.45) is 47.2 Å². The van der Waals surface area contributed by atoms with Crippen LogP contribution in [-0.4, -0.2) is 173 Å². The lowest BCUT2D eigenvalue weighted by Crippen LogP contribution is -2.49. The molecule has 111 heavy (non-hydrogen) atoms. The summed E-state index contributed by atoms with van der Waals surface area (Å²) in [5, 5.41) is 33.4. The first-order valence-electron chi connectivity index (χ1n) is 36.8. The van der Waals surface area contributed by atoms with E-state index in [2.05, 4.69) is 72.2 Å². The van der Waals surface area contributed by atoms with Crippen molar-refractivity contribution in [3.05, 3.63) is 138 Å². The second-order valence-electron chi connectivity index (χ2n) is 29.7. The first-order chi connectivity index (χ1) is 53.0. The largest absolute Gasteiger partial charge is 0.508 e. The van der Waals surface area contributed by atoms with Crippen molar-refractivity contribution >= 4 is 73.4 Å². The van der Waals surface area contributed by atoms with Gasteiger partial charge >= 0.3 is 18.5 Å². The maximum Gasteiger partial charge on any atom is 0.451 e. The van der Waals surface area contributed by atoms with E-state index in [4.69, 9.17) is 14.9 Å². The second-order valence-corrected chi connectivity index (χ2v) is 29.7. The molecule has 7 aromatic heterocycles. The number of rotatable bonds is 11. The van der Waals surface area contributed by atoms with Gasteiger partial charge in [-0.2, -0.15) is 39.5 Å². The van der Waals surface area contributed by atoms with Crippen LogP contribution in [0, 0.1) is 48.3 Å². The highest BCUT2D eigenvalue weighted by molar-refractivity contribution is 6.07. The number of carbonyl (C=O) groups excluding carboxylic acids is 4. The summed E-state index contributed by atoms with van der Waals surface area (Å²) in [6, 6.07) is 20.6. The summed E-state index contributed by atoms with van der Waals surface area (Å²) in [5.74, 6) is -2.04. The Kier molecular flexibility index (Phi) is 20.2. The van der Waals surface area contributed by atoms with E-state index in [1.165, 1.54) is 19.0 Å². The molecule has 3 N–H and O–H groups in total. The number of carbonyl (C=O) groups is 4. The quantitative estimate of drug-likeness (QED) is 0.114. The number of hydrogen-bond acceptors (Lipinski definition) is 20. The van der Waals surface area contributed by atoms with Crippen molar-refractivity contribution < 1.29 is 73.0 Å². The summed E-state index contributed by atoms with van der Waals surface area (Å²) < 4.78 is 133. The smallest absolute Gasteiger partial charge is 0.451 e. The SMILES string of the molecule is C[C@@H]1CN(c2c(C(N)=O)cnc3cc(OCC4CC4)ccc23)CC[C@@H]1C(=O)N1CCn2c(nnc2C(F)(F)F)C1.C[C@@H]1CN(c2ccnc3cc(O)ccc23)CC[C@@H]1C(=O)N1CCn2c(nnc2C(F)(F)F)C1.Cc1coc(-c2ccc3c(N4CC[C@H](C(=O)N5CCn6c(nnc6C(F)(F)F)C5)[C@H](C)C4)ccnc3c2)n1. The Morgan fingerprint density at radius 3 is 1.41 bits per heavy atom. The summed E-state index contributed by atoms with van der Waals surface area (Å²) in [6.07, 6.45) is -2.95. The minimum Gasteiger partial charge on any atom is -0.508 e. The molecule has 0 bridgehead atoms. The number of amides is 4. The molecule has 4 amide bonds. The molecule has 0 radical (unpaired) electrons. The van der Waals surface area contributed by atoms with Crippen molar-refractivity contribution in [2.45, 2.75) is 118 Å². The number of pyridine rings is 3. The third kappa shape index (κ3) is 15.4. The Bertz CT molecular complexity index is 5190. The maximum atomic E-state index is 13.5. The number of piperidine rings is 3. The molecule has 3 saturated heterocycles. The molecular formula is C75H79F9N20O7. The molecule has 584 valence electrons. The van der Waals surface area contributed by atoms with Gasteiger partial charge in [0.25, 0.3) is 5.91 Å². The third-order valence-electron chi connectivity index (χ3n) is 22.2. The van der Waals surface area contributed by atoms with Crippen molar-refractivity contribution in [2.75, 3.05) is 80.2 Å². The summed E-state index contributed by atoms with van der Waals surface area (Å²) in [6.45, 7) is 13.0. The molecule has 10 aromatic rings.